The van der Waals surface area contributed by atoms with E-state index in [1.807, 2.05) is 6.07 Å². The molecule has 0 bridgehead atoms. The van der Waals surface area contributed by atoms with Crippen molar-refractivity contribution in [1.82, 2.24) is 10.2 Å². The molecule has 1 aromatic carbocycles. The highest BCUT2D eigenvalue weighted by atomic mass is 16.4. The van der Waals surface area contributed by atoms with Crippen LogP contribution >= 0.6 is 0 Å². The fraction of sp³-hybridized carbons (Fsp3) is 0.333. The maximum atomic E-state index is 12.2. The normalized spacial score (nSPS) is 22.2. The zero-order valence-electron chi connectivity index (χ0n) is 9.14. The van der Waals surface area contributed by atoms with E-state index in [1.165, 1.54) is 6.07 Å². The zero-order valence-corrected chi connectivity index (χ0v) is 9.14. The van der Waals surface area contributed by atoms with Crippen molar-refractivity contribution in [3.8, 4) is 0 Å². The number of amides is 1. The van der Waals surface area contributed by atoms with E-state index in [1.54, 1.807) is 11.0 Å². The molecular weight excluding hydrogens is 220 g/mol. The number of piperazine rings is 1. The molecule has 88 valence electrons. The van der Waals surface area contributed by atoms with E-state index >= 15 is 0 Å². The minimum Gasteiger partial charge on any atom is -0.478 e. The quantitative estimate of drug-likeness (QED) is 0.739. The third-order valence-corrected chi connectivity index (χ3v) is 3.40. The van der Waals surface area contributed by atoms with Crippen LogP contribution in [0.25, 0.3) is 0 Å². The lowest BCUT2D eigenvalue weighted by atomic mass is 9.99. The number of hydrogen-bond acceptors (Lipinski definition) is 3. The van der Waals surface area contributed by atoms with Crippen LogP contribution in [0.2, 0.25) is 0 Å². The molecule has 1 unspecified atom stereocenters. The molecule has 1 amide bonds. The van der Waals surface area contributed by atoms with Crippen molar-refractivity contribution in [2.45, 2.75) is 6.04 Å². The van der Waals surface area contributed by atoms with Crippen LogP contribution < -0.4 is 5.32 Å². The summed E-state index contributed by atoms with van der Waals surface area (Å²) in [5, 5.41) is 12.3. The van der Waals surface area contributed by atoms with Gasteiger partial charge in [0.2, 0.25) is 0 Å². The van der Waals surface area contributed by atoms with Gasteiger partial charge in [0, 0.05) is 19.6 Å². The lowest BCUT2D eigenvalue weighted by Gasteiger charge is -2.30. The number of benzene rings is 1. The first-order valence-corrected chi connectivity index (χ1v) is 5.58. The van der Waals surface area contributed by atoms with Gasteiger partial charge in [-0.2, -0.15) is 0 Å². The number of rotatable bonds is 1. The number of carboxylic acids is 1. The van der Waals surface area contributed by atoms with Gasteiger partial charge in [-0.1, -0.05) is 12.1 Å². The fourth-order valence-electron chi connectivity index (χ4n) is 2.63. The van der Waals surface area contributed by atoms with Crippen molar-refractivity contribution in [3.05, 3.63) is 34.9 Å². The smallest absolute Gasteiger partial charge is 0.336 e. The summed E-state index contributed by atoms with van der Waals surface area (Å²) < 4.78 is 0. The Morgan fingerprint density at radius 1 is 1.47 bits per heavy atom. The van der Waals surface area contributed by atoms with E-state index in [0.717, 1.165) is 12.1 Å². The van der Waals surface area contributed by atoms with Crippen molar-refractivity contribution < 1.29 is 14.7 Å². The molecule has 1 atom stereocenters. The second-order valence-electron chi connectivity index (χ2n) is 4.29. The summed E-state index contributed by atoms with van der Waals surface area (Å²) in [5.41, 5.74) is 1.32. The number of carboxylic acid groups (broad SMARTS) is 1. The Labute approximate surface area is 98.0 Å². The standard InChI is InChI=1S/C12H12N2O3/c15-11-10-7(2-1-3-8(10)12(16)17)9-6-13-4-5-14(9)11/h1-3,9,13H,4-6H2,(H,16,17). The first-order chi connectivity index (χ1) is 8.20. The van der Waals surface area contributed by atoms with E-state index in [-0.39, 0.29) is 17.5 Å². The van der Waals surface area contributed by atoms with Gasteiger partial charge in [0.15, 0.2) is 0 Å². The molecule has 0 aliphatic carbocycles. The molecular formula is C12H12N2O3. The summed E-state index contributed by atoms with van der Waals surface area (Å²) in [6, 6.07) is 5.03. The summed E-state index contributed by atoms with van der Waals surface area (Å²) in [6.45, 7) is 2.09. The third-order valence-electron chi connectivity index (χ3n) is 3.40. The molecule has 17 heavy (non-hydrogen) atoms. The van der Waals surface area contributed by atoms with Crippen molar-refractivity contribution in [2.75, 3.05) is 19.6 Å². The number of carbonyl (C=O) groups excluding carboxylic acids is 1. The lowest BCUT2D eigenvalue weighted by Crippen LogP contribution is -2.44. The number of hydrogen-bond donors (Lipinski definition) is 2. The van der Waals surface area contributed by atoms with Gasteiger partial charge in [-0.05, 0) is 11.6 Å². The van der Waals surface area contributed by atoms with E-state index in [4.69, 9.17) is 5.11 Å². The Hall–Kier alpha value is -1.88. The number of aromatic carboxylic acids is 1. The summed E-state index contributed by atoms with van der Waals surface area (Å²) in [7, 11) is 0. The molecule has 5 nitrogen and oxygen atoms in total. The van der Waals surface area contributed by atoms with Crippen LogP contribution in [-0.2, 0) is 0 Å². The van der Waals surface area contributed by atoms with Gasteiger partial charge < -0.3 is 15.3 Å². The van der Waals surface area contributed by atoms with Gasteiger partial charge in [0.1, 0.15) is 0 Å². The topological polar surface area (TPSA) is 69.6 Å². The molecule has 0 aromatic heterocycles. The maximum absolute atomic E-state index is 12.2. The molecule has 0 spiro atoms. The second kappa shape index (κ2) is 3.56. The zero-order chi connectivity index (χ0) is 12.0. The molecule has 3 rings (SSSR count). The molecule has 0 saturated carbocycles. The summed E-state index contributed by atoms with van der Waals surface area (Å²) in [5.74, 6) is -1.19. The molecule has 2 heterocycles. The van der Waals surface area contributed by atoms with Crippen LogP contribution in [0.1, 0.15) is 32.3 Å². The van der Waals surface area contributed by atoms with Gasteiger partial charge in [0.05, 0.1) is 17.2 Å². The predicted octanol–water partition coefficient (Wildman–Crippen LogP) is 0.485. The van der Waals surface area contributed by atoms with Gasteiger partial charge in [-0.3, -0.25) is 4.79 Å². The van der Waals surface area contributed by atoms with Crippen LogP contribution in [-0.4, -0.2) is 41.5 Å². The molecule has 2 aliphatic rings. The molecule has 1 saturated heterocycles. The molecule has 1 aromatic rings. The highest BCUT2D eigenvalue weighted by molar-refractivity contribution is 6.08. The largest absolute Gasteiger partial charge is 0.478 e. The Kier molecular flexibility index (Phi) is 2.16. The minimum atomic E-state index is -1.04. The molecule has 2 aliphatic heterocycles. The van der Waals surface area contributed by atoms with E-state index in [9.17, 15) is 9.59 Å². The molecule has 1 fully saturated rings. The fourth-order valence-corrected chi connectivity index (χ4v) is 2.63. The first-order valence-electron chi connectivity index (χ1n) is 5.58. The van der Waals surface area contributed by atoms with Crippen LogP contribution in [0.5, 0.6) is 0 Å². The third kappa shape index (κ3) is 1.36. The first kappa shape index (κ1) is 10.3. The lowest BCUT2D eigenvalue weighted by molar-refractivity contribution is 0.0659. The van der Waals surface area contributed by atoms with Crippen LogP contribution in [0.3, 0.4) is 0 Å². The monoisotopic (exact) mass is 232 g/mol. The van der Waals surface area contributed by atoms with Crippen LogP contribution in [0.15, 0.2) is 18.2 Å². The molecule has 5 heteroatoms. The average molecular weight is 232 g/mol. The molecule has 0 radical (unpaired) electrons. The number of nitrogens with zero attached hydrogens (tertiary/aromatic N) is 1. The van der Waals surface area contributed by atoms with Crippen LogP contribution in [0.4, 0.5) is 0 Å². The van der Waals surface area contributed by atoms with Crippen molar-refractivity contribution in [3.63, 3.8) is 0 Å². The summed E-state index contributed by atoms with van der Waals surface area (Å²) in [4.78, 5) is 25.1. The Morgan fingerprint density at radius 3 is 3.06 bits per heavy atom. The van der Waals surface area contributed by atoms with Crippen molar-refractivity contribution >= 4 is 11.9 Å². The Morgan fingerprint density at radius 2 is 2.29 bits per heavy atom. The van der Waals surface area contributed by atoms with E-state index in [0.29, 0.717) is 18.7 Å². The van der Waals surface area contributed by atoms with E-state index < -0.39 is 5.97 Å². The molecule has 2 N–H and O–H groups in total. The predicted molar refractivity (Wildman–Crippen MR) is 60.0 cm³/mol. The maximum Gasteiger partial charge on any atom is 0.336 e. The van der Waals surface area contributed by atoms with Crippen LogP contribution in [0, 0.1) is 0 Å². The van der Waals surface area contributed by atoms with Gasteiger partial charge in [-0.25, -0.2) is 4.79 Å². The highest BCUT2D eigenvalue weighted by Crippen LogP contribution is 2.35. The highest BCUT2D eigenvalue weighted by Gasteiger charge is 2.40. The van der Waals surface area contributed by atoms with Gasteiger partial charge >= 0.3 is 5.97 Å². The Balaban J connectivity index is 2.17. The van der Waals surface area contributed by atoms with Crippen molar-refractivity contribution in [1.29, 1.82) is 0 Å². The second-order valence-corrected chi connectivity index (χ2v) is 4.29. The Bertz CT molecular complexity index is 512. The number of nitrogens with one attached hydrogen (secondary N) is 1. The SMILES string of the molecule is O=C(O)c1cccc2c1C(=O)N1CCNCC21. The number of carbonyl (C=O) groups is 2. The van der Waals surface area contributed by atoms with Crippen molar-refractivity contribution in [2.24, 2.45) is 0 Å². The van der Waals surface area contributed by atoms with Gasteiger partial charge in [0.25, 0.3) is 5.91 Å². The summed E-state index contributed by atoms with van der Waals surface area (Å²) in [6.07, 6.45) is 0. The average Bonchev–Trinajstić information content (AvgIpc) is 2.64. The summed E-state index contributed by atoms with van der Waals surface area (Å²) >= 11 is 0. The van der Waals surface area contributed by atoms with Gasteiger partial charge in [-0.15, -0.1) is 0 Å². The number of fused-ring (bicyclic) bond motifs is 3. The van der Waals surface area contributed by atoms with E-state index in [2.05, 4.69) is 5.32 Å². The minimum absolute atomic E-state index is 0.00875.